The third-order valence-electron chi connectivity index (χ3n) is 3.16. The summed E-state index contributed by atoms with van der Waals surface area (Å²) in [6, 6.07) is 18.8. The van der Waals surface area contributed by atoms with Crippen molar-refractivity contribution in [3.05, 3.63) is 96.1 Å². The van der Waals surface area contributed by atoms with Gasteiger partial charge in [0.05, 0.1) is 0 Å². The lowest BCUT2D eigenvalue weighted by Crippen LogP contribution is -1.88. The Morgan fingerprint density at radius 1 is 1.00 bits per heavy atom. The Kier molecular flexibility index (Phi) is 4.73. The molecule has 0 aliphatic rings. The van der Waals surface area contributed by atoms with Crippen molar-refractivity contribution in [1.29, 1.82) is 0 Å². The van der Waals surface area contributed by atoms with Crippen molar-refractivity contribution in [1.82, 2.24) is 0 Å². The normalized spacial score (nSPS) is 10.7. The highest BCUT2D eigenvalue weighted by molar-refractivity contribution is 5.62. The molecule has 2 aromatic rings. The van der Waals surface area contributed by atoms with Crippen molar-refractivity contribution in [2.75, 3.05) is 0 Å². The second kappa shape index (κ2) is 6.72. The Morgan fingerprint density at radius 2 is 1.75 bits per heavy atom. The van der Waals surface area contributed by atoms with Gasteiger partial charge in [-0.25, -0.2) is 0 Å². The Hall–Kier alpha value is -2.34. The zero-order chi connectivity index (χ0) is 14.4. The van der Waals surface area contributed by atoms with Crippen molar-refractivity contribution in [2.45, 2.75) is 13.3 Å². The Balaban J connectivity index is 2.03. The van der Waals surface area contributed by atoms with Gasteiger partial charge in [0.25, 0.3) is 0 Å². The van der Waals surface area contributed by atoms with Gasteiger partial charge in [-0.3, -0.25) is 0 Å². The SMILES string of the molecule is C=C(C=Cc1ccccc1)Cc1cccc(C(=C)C)c1. The molecule has 0 radical (unpaired) electrons. The molecule has 0 aliphatic heterocycles. The van der Waals surface area contributed by atoms with E-state index in [0.717, 1.165) is 17.6 Å². The van der Waals surface area contributed by atoms with E-state index in [4.69, 9.17) is 0 Å². The smallest absolute Gasteiger partial charge is 0.00314 e. The third-order valence-corrected chi connectivity index (χ3v) is 3.16. The molecule has 0 unspecified atom stereocenters. The first-order valence-corrected chi connectivity index (χ1v) is 6.81. The van der Waals surface area contributed by atoms with Crippen molar-refractivity contribution in [2.24, 2.45) is 0 Å². The molecule has 0 saturated carbocycles. The Bertz CT molecular complexity index is 630. The molecule has 0 spiro atoms. The molecule has 0 nitrogen and oxygen atoms in total. The monoisotopic (exact) mass is 260 g/mol. The molecule has 0 aliphatic carbocycles. The molecule has 0 bridgehead atoms. The minimum absolute atomic E-state index is 0.866. The number of benzene rings is 2. The quantitative estimate of drug-likeness (QED) is 0.620. The van der Waals surface area contributed by atoms with E-state index >= 15 is 0 Å². The van der Waals surface area contributed by atoms with E-state index in [2.05, 4.69) is 61.7 Å². The average molecular weight is 260 g/mol. The van der Waals surface area contributed by atoms with Crippen molar-refractivity contribution < 1.29 is 0 Å². The molecule has 2 aromatic carbocycles. The molecule has 0 amide bonds. The highest BCUT2D eigenvalue weighted by Gasteiger charge is 1.98. The lowest BCUT2D eigenvalue weighted by atomic mass is 10.0. The lowest BCUT2D eigenvalue weighted by molar-refractivity contribution is 1.20. The van der Waals surface area contributed by atoms with Gasteiger partial charge in [-0.15, -0.1) is 0 Å². The summed E-state index contributed by atoms with van der Waals surface area (Å²) in [6.45, 7) is 10.1. The Morgan fingerprint density at radius 3 is 2.45 bits per heavy atom. The van der Waals surface area contributed by atoms with Crippen LogP contribution in [-0.4, -0.2) is 0 Å². The Labute approximate surface area is 121 Å². The van der Waals surface area contributed by atoms with Crippen LogP contribution in [0.2, 0.25) is 0 Å². The van der Waals surface area contributed by atoms with Gasteiger partial charge in [0.2, 0.25) is 0 Å². The number of rotatable bonds is 5. The maximum atomic E-state index is 4.13. The minimum Gasteiger partial charge on any atom is -0.0955 e. The highest BCUT2D eigenvalue weighted by atomic mass is 14.0. The van der Waals surface area contributed by atoms with Crippen molar-refractivity contribution in [3.8, 4) is 0 Å². The largest absolute Gasteiger partial charge is 0.0955 e. The van der Waals surface area contributed by atoms with Gasteiger partial charge in [-0.05, 0) is 30.0 Å². The highest BCUT2D eigenvalue weighted by Crippen LogP contribution is 2.16. The van der Waals surface area contributed by atoms with Crippen LogP contribution >= 0.6 is 0 Å². The average Bonchev–Trinajstić information content (AvgIpc) is 2.46. The molecule has 0 N–H and O–H groups in total. The minimum atomic E-state index is 0.866. The van der Waals surface area contributed by atoms with E-state index < -0.39 is 0 Å². The van der Waals surface area contributed by atoms with E-state index in [1.807, 2.05) is 25.1 Å². The van der Waals surface area contributed by atoms with Crippen molar-refractivity contribution in [3.63, 3.8) is 0 Å². The molecule has 0 aromatic heterocycles. The zero-order valence-corrected chi connectivity index (χ0v) is 12.0. The maximum Gasteiger partial charge on any atom is -0.00314 e. The van der Waals surface area contributed by atoms with Gasteiger partial charge in [0, 0.05) is 0 Å². The van der Waals surface area contributed by atoms with Crippen LogP contribution in [0.1, 0.15) is 23.6 Å². The number of hydrogen-bond acceptors (Lipinski definition) is 0. The molecule has 100 valence electrons. The van der Waals surface area contributed by atoms with Gasteiger partial charge >= 0.3 is 0 Å². The van der Waals surface area contributed by atoms with Crippen LogP contribution in [0.4, 0.5) is 0 Å². The lowest BCUT2D eigenvalue weighted by Gasteiger charge is -2.05. The van der Waals surface area contributed by atoms with Gasteiger partial charge in [0.15, 0.2) is 0 Å². The van der Waals surface area contributed by atoms with E-state index in [-0.39, 0.29) is 0 Å². The van der Waals surface area contributed by atoms with Crippen molar-refractivity contribution >= 4 is 11.6 Å². The first-order valence-electron chi connectivity index (χ1n) is 6.81. The molecule has 0 heterocycles. The standard InChI is InChI=1S/C20H20/c1-16(2)20-11-7-10-19(15-20)14-17(3)12-13-18-8-5-4-6-9-18/h4-13,15H,1,3,14H2,2H3. The summed E-state index contributed by atoms with van der Waals surface area (Å²) in [5.74, 6) is 0. The fraction of sp³-hybridized carbons (Fsp3) is 0.100. The first kappa shape index (κ1) is 14.1. The fourth-order valence-electron chi connectivity index (χ4n) is 2.05. The fourth-order valence-corrected chi connectivity index (χ4v) is 2.05. The predicted molar refractivity (Wildman–Crippen MR) is 89.5 cm³/mol. The van der Waals surface area contributed by atoms with Gasteiger partial charge < -0.3 is 0 Å². The predicted octanol–water partition coefficient (Wildman–Crippen LogP) is 5.53. The van der Waals surface area contributed by atoms with Crippen LogP contribution < -0.4 is 0 Å². The van der Waals surface area contributed by atoms with Crippen LogP contribution in [-0.2, 0) is 6.42 Å². The summed E-state index contributed by atoms with van der Waals surface area (Å²) < 4.78 is 0. The summed E-state index contributed by atoms with van der Waals surface area (Å²) in [4.78, 5) is 0. The zero-order valence-electron chi connectivity index (χ0n) is 12.0. The van der Waals surface area contributed by atoms with Gasteiger partial charge in [0.1, 0.15) is 0 Å². The molecule has 0 heteroatoms. The van der Waals surface area contributed by atoms with Crippen LogP contribution in [0, 0.1) is 0 Å². The summed E-state index contributed by atoms with van der Waals surface area (Å²) in [7, 11) is 0. The molecule has 0 fully saturated rings. The number of allylic oxidation sites excluding steroid dienone is 3. The van der Waals surface area contributed by atoms with Crippen LogP contribution in [0.5, 0.6) is 0 Å². The molecule has 20 heavy (non-hydrogen) atoms. The van der Waals surface area contributed by atoms with Gasteiger partial charge in [-0.1, -0.05) is 91.1 Å². The van der Waals surface area contributed by atoms with E-state index in [1.165, 1.54) is 16.7 Å². The number of hydrogen-bond donors (Lipinski definition) is 0. The van der Waals surface area contributed by atoms with Crippen LogP contribution in [0.25, 0.3) is 11.6 Å². The molecule has 0 atom stereocenters. The molecule has 0 saturated heterocycles. The van der Waals surface area contributed by atoms with E-state index in [1.54, 1.807) is 0 Å². The van der Waals surface area contributed by atoms with E-state index in [9.17, 15) is 0 Å². The first-order chi connectivity index (χ1) is 9.65. The van der Waals surface area contributed by atoms with Gasteiger partial charge in [-0.2, -0.15) is 0 Å². The molecular weight excluding hydrogens is 240 g/mol. The van der Waals surface area contributed by atoms with Crippen LogP contribution in [0.3, 0.4) is 0 Å². The second-order valence-corrected chi connectivity index (χ2v) is 5.06. The summed E-state index contributed by atoms with van der Waals surface area (Å²) in [6.07, 6.45) is 5.05. The third kappa shape index (κ3) is 4.10. The maximum absolute atomic E-state index is 4.13. The molecular formula is C20H20. The second-order valence-electron chi connectivity index (χ2n) is 5.06. The summed E-state index contributed by atoms with van der Waals surface area (Å²) in [5, 5.41) is 0. The molecule has 2 rings (SSSR count). The topological polar surface area (TPSA) is 0 Å². The van der Waals surface area contributed by atoms with E-state index in [0.29, 0.717) is 0 Å². The summed E-state index contributed by atoms with van der Waals surface area (Å²) in [5.41, 5.74) is 5.87. The summed E-state index contributed by atoms with van der Waals surface area (Å²) >= 11 is 0. The van der Waals surface area contributed by atoms with Crippen LogP contribution in [0.15, 0.2) is 79.4 Å².